The minimum absolute atomic E-state index is 0.0698. The first-order valence-electron chi connectivity index (χ1n) is 5.77. The Bertz CT molecular complexity index is 502. The van der Waals surface area contributed by atoms with E-state index in [1.807, 2.05) is 0 Å². The van der Waals surface area contributed by atoms with Crippen LogP contribution in [0.15, 0.2) is 12.1 Å². The molecule has 0 atom stereocenters. The number of carbonyl (C=O) groups excluding carboxylic acids is 1. The van der Waals surface area contributed by atoms with Crippen molar-refractivity contribution >= 4 is 40.9 Å². The van der Waals surface area contributed by atoms with Crippen LogP contribution in [0.25, 0.3) is 0 Å². The number of benzene rings is 1. The highest BCUT2D eigenvalue weighted by atomic mass is 35.5. The SMILES string of the molecule is CCN(CCC(=O)O)C(=O)Nc1cc(Cl)c(F)c(Cl)c1. The van der Waals surface area contributed by atoms with Crippen LogP contribution in [-0.4, -0.2) is 35.1 Å². The summed E-state index contributed by atoms with van der Waals surface area (Å²) >= 11 is 11.2. The van der Waals surface area contributed by atoms with Gasteiger partial charge in [0.05, 0.1) is 16.5 Å². The van der Waals surface area contributed by atoms with Crippen molar-refractivity contribution < 1.29 is 19.1 Å². The van der Waals surface area contributed by atoms with Gasteiger partial charge in [-0.25, -0.2) is 9.18 Å². The number of carbonyl (C=O) groups is 2. The summed E-state index contributed by atoms with van der Waals surface area (Å²) in [5.74, 6) is -1.76. The molecule has 0 bridgehead atoms. The summed E-state index contributed by atoms with van der Waals surface area (Å²) in [6.07, 6.45) is -0.161. The molecule has 2 N–H and O–H groups in total. The maximum atomic E-state index is 13.2. The number of rotatable bonds is 5. The molecule has 5 nitrogen and oxygen atoms in total. The lowest BCUT2D eigenvalue weighted by Gasteiger charge is -2.20. The van der Waals surface area contributed by atoms with E-state index in [9.17, 15) is 14.0 Å². The third kappa shape index (κ3) is 4.54. The fourth-order valence-electron chi connectivity index (χ4n) is 1.46. The first kappa shape index (κ1) is 16.5. The predicted molar refractivity (Wildman–Crippen MR) is 74.9 cm³/mol. The van der Waals surface area contributed by atoms with Crippen LogP contribution in [-0.2, 0) is 4.79 Å². The van der Waals surface area contributed by atoms with Gasteiger partial charge >= 0.3 is 12.0 Å². The van der Waals surface area contributed by atoms with Gasteiger partial charge in [-0.15, -0.1) is 0 Å². The molecule has 20 heavy (non-hydrogen) atoms. The number of amides is 2. The van der Waals surface area contributed by atoms with E-state index < -0.39 is 17.8 Å². The van der Waals surface area contributed by atoms with Gasteiger partial charge in [0.25, 0.3) is 0 Å². The molecule has 0 aliphatic rings. The van der Waals surface area contributed by atoms with Crippen LogP contribution in [0.2, 0.25) is 10.0 Å². The fraction of sp³-hybridized carbons (Fsp3) is 0.333. The highest BCUT2D eigenvalue weighted by Gasteiger charge is 2.15. The molecule has 110 valence electrons. The molecule has 0 unspecified atom stereocenters. The maximum absolute atomic E-state index is 13.2. The molecule has 0 spiro atoms. The van der Waals surface area contributed by atoms with Gasteiger partial charge in [-0.2, -0.15) is 0 Å². The highest BCUT2D eigenvalue weighted by molar-refractivity contribution is 6.35. The van der Waals surface area contributed by atoms with Gasteiger partial charge in [0.1, 0.15) is 0 Å². The standard InChI is InChI=1S/C12H13Cl2FN2O3/c1-2-17(4-3-10(18)19)12(20)16-7-5-8(13)11(15)9(14)6-7/h5-6H,2-4H2,1H3,(H,16,20)(H,18,19). The number of hydrogen-bond acceptors (Lipinski definition) is 2. The lowest BCUT2D eigenvalue weighted by Crippen LogP contribution is -2.36. The lowest BCUT2D eigenvalue weighted by molar-refractivity contribution is -0.137. The van der Waals surface area contributed by atoms with E-state index in [1.165, 1.54) is 17.0 Å². The van der Waals surface area contributed by atoms with Crippen molar-refractivity contribution in [2.45, 2.75) is 13.3 Å². The summed E-state index contributed by atoms with van der Waals surface area (Å²) in [4.78, 5) is 23.7. The van der Waals surface area contributed by atoms with Crippen LogP contribution in [0.4, 0.5) is 14.9 Å². The molecule has 0 heterocycles. The minimum Gasteiger partial charge on any atom is -0.481 e. The molecule has 2 amide bonds. The number of halogens is 3. The molecule has 0 fully saturated rings. The van der Waals surface area contributed by atoms with Crippen LogP contribution in [0.5, 0.6) is 0 Å². The zero-order valence-corrected chi connectivity index (χ0v) is 12.1. The molecule has 0 aliphatic heterocycles. The highest BCUT2D eigenvalue weighted by Crippen LogP contribution is 2.27. The average molecular weight is 323 g/mol. The zero-order valence-electron chi connectivity index (χ0n) is 10.6. The zero-order chi connectivity index (χ0) is 15.3. The van der Waals surface area contributed by atoms with Crippen molar-refractivity contribution in [3.8, 4) is 0 Å². The van der Waals surface area contributed by atoms with Gasteiger partial charge < -0.3 is 15.3 Å². The second-order valence-corrected chi connectivity index (χ2v) is 4.72. The van der Waals surface area contributed by atoms with Crippen LogP contribution >= 0.6 is 23.2 Å². The molecule has 8 heteroatoms. The number of aliphatic carboxylic acids is 1. The molecule has 1 aromatic rings. The summed E-state index contributed by atoms with van der Waals surface area (Å²) in [6, 6.07) is 1.95. The van der Waals surface area contributed by atoms with Gasteiger partial charge in [0, 0.05) is 18.8 Å². The van der Waals surface area contributed by atoms with Gasteiger partial charge in [0.15, 0.2) is 5.82 Å². The van der Waals surface area contributed by atoms with Gasteiger partial charge in [-0.3, -0.25) is 4.79 Å². The molecule has 0 radical (unpaired) electrons. The van der Waals surface area contributed by atoms with Gasteiger partial charge in [-0.05, 0) is 19.1 Å². The summed E-state index contributed by atoms with van der Waals surface area (Å²) in [5.41, 5.74) is 0.236. The summed E-state index contributed by atoms with van der Waals surface area (Å²) in [6.45, 7) is 2.12. The van der Waals surface area contributed by atoms with Crippen molar-refractivity contribution in [3.05, 3.63) is 28.0 Å². The average Bonchev–Trinajstić information content (AvgIpc) is 2.36. The molecule has 1 aromatic carbocycles. The van der Waals surface area contributed by atoms with Crippen molar-refractivity contribution in [1.29, 1.82) is 0 Å². The van der Waals surface area contributed by atoms with Crippen molar-refractivity contribution in [3.63, 3.8) is 0 Å². The second-order valence-electron chi connectivity index (χ2n) is 3.91. The smallest absolute Gasteiger partial charge is 0.321 e. The molecular formula is C12H13Cl2FN2O3. The second kappa shape index (κ2) is 7.31. The molecule has 1 rings (SSSR count). The van der Waals surface area contributed by atoms with Crippen molar-refractivity contribution in [2.75, 3.05) is 18.4 Å². The number of nitrogens with one attached hydrogen (secondary N) is 1. The van der Waals surface area contributed by atoms with E-state index in [-0.39, 0.29) is 28.7 Å². The largest absolute Gasteiger partial charge is 0.481 e. The Hall–Kier alpha value is -1.53. The van der Waals surface area contributed by atoms with E-state index in [4.69, 9.17) is 28.3 Å². The number of urea groups is 1. The number of nitrogens with zero attached hydrogens (tertiary/aromatic N) is 1. The van der Waals surface area contributed by atoms with E-state index in [0.29, 0.717) is 6.54 Å². The summed E-state index contributed by atoms with van der Waals surface area (Å²) in [7, 11) is 0. The number of carboxylic acids is 1. The monoisotopic (exact) mass is 322 g/mol. The molecule has 0 aliphatic carbocycles. The molecule has 0 aromatic heterocycles. The van der Waals surface area contributed by atoms with Crippen LogP contribution in [0.3, 0.4) is 0 Å². The van der Waals surface area contributed by atoms with Crippen molar-refractivity contribution in [2.24, 2.45) is 0 Å². The Morgan fingerprint density at radius 1 is 1.35 bits per heavy atom. The van der Waals surface area contributed by atoms with E-state index in [0.717, 1.165) is 0 Å². The van der Waals surface area contributed by atoms with Gasteiger partial charge in [0.2, 0.25) is 0 Å². The van der Waals surface area contributed by atoms with E-state index >= 15 is 0 Å². The third-order valence-electron chi connectivity index (χ3n) is 2.50. The first-order chi connectivity index (χ1) is 9.35. The van der Waals surface area contributed by atoms with E-state index in [1.54, 1.807) is 6.92 Å². The Labute approximate surface area is 125 Å². The number of hydrogen-bond donors (Lipinski definition) is 2. The van der Waals surface area contributed by atoms with Crippen LogP contribution in [0, 0.1) is 5.82 Å². The fourth-order valence-corrected chi connectivity index (χ4v) is 1.95. The first-order valence-corrected chi connectivity index (χ1v) is 6.53. The third-order valence-corrected chi connectivity index (χ3v) is 3.05. The number of anilines is 1. The Balaban J connectivity index is 2.76. The Morgan fingerprint density at radius 2 is 1.90 bits per heavy atom. The summed E-state index contributed by atoms with van der Waals surface area (Å²) < 4.78 is 13.2. The van der Waals surface area contributed by atoms with Crippen LogP contribution < -0.4 is 5.32 Å². The quantitative estimate of drug-likeness (QED) is 0.815. The lowest BCUT2D eigenvalue weighted by atomic mass is 10.3. The number of carboxylic acid groups (broad SMARTS) is 1. The topological polar surface area (TPSA) is 69.6 Å². The normalized spacial score (nSPS) is 10.2. The van der Waals surface area contributed by atoms with Gasteiger partial charge in [-0.1, -0.05) is 23.2 Å². The Kier molecular flexibility index (Phi) is 6.04. The minimum atomic E-state index is -0.996. The van der Waals surface area contributed by atoms with E-state index in [2.05, 4.69) is 5.32 Å². The maximum Gasteiger partial charge on any atom is 0.321 e. The van der Waals surface area contributed by atoms with Crippen LogP contribution in [0.1, 0.15) is 13.3 Å². The molecule has 0 saturated carbocycles. The molecular weight excluding hydrogens is 310 g/mol. The Morgan fingerprint density at radius 3 is 2.35 bits per heavy atom. The molecule has 0 saturated heterocycles. The predicted octanol–water partition coefficient (Wildman–Crippen LogP) is 3.46. The summed E-state index contributed by atoms with van der Waals surface area (Å²) in [5, 5.41) is 10.7. The van der Waals surface area contributed by atoms with Crippen molar-refractivity contribution in [1.82, 2.24) is 4.90 Å².